The fourth-order valence-corrected chi connectivity index (χ4v) is 2.07. The Balaban J connectivity index is 2.21. The Kier molecular flexibility index (Phi) is 3.64. The van der Waals surface area contributed by atoms with Crippen molar-refractivity contribution in [3.63, 3.8) is 0 Å². The lowest BCUT2D eigenvalue weighted by atomic mass is 10.1. The van der Waals surface area contributed by atoms with Crippen molar-refractivity contribution in [3.05, 3.63) is 29.8 Å². The van der Waals surface area contributed by atoms with Crippen molar-refractivity contribution < 1.29 is 14.6 Å². The van der Waals surface area contributed by atoms with E-state index in [-0.39, 0.29) is 17.7 Å². The number of ether oxygens (including phenoxy) is 1. The summed E-state index contributed by atoms with van der Waals surface area (Å²) in [4.78, 5) is 14.1. The van der Waals surface area contributed by atoms with E-state index in [0.29, 0.717) is 25.3 Å². The lowest BCUT2D eigenvalue weighted by Crippen LogP contribution is -2.48. The van der Waals surface area contributed by atoms with Crippen LogP contribution in [0.5, 0.6) is 5.75 Å². The maximum atomic E-state index is 12.3. The number of aromatic hydroxyl groups is 1. The van der Waals surface area contributed by atoms with Gasteiger partial charge >= 0.3 is 0 Å². The van der Waals surface area contributed by atoms with Gasteiger partial charge in [-0.1, -0.05) is 19.1 Å². The molecule has 1 aromatic carbocycles. The summed E-state index contributed by atoms with van der Waals surface area (Å²) in [5.74, 6) is -0.0721. The number of hydrogen-bond donors (Lipinski definition) is 1. The van der Waals surface area contributed by atoms with Gasteiger partial charge in [0.15, 0.2) is 0 Å². The lowest BCUT2D eigenvalue weighted by Gasteiger charge is -2.35. The van der Waals surface area contributed by atoms with Crippen LogP contribution in [0.25, 0.3) is 0 Å². The van der Waals surface area contributed by atoms with Crippen LogP contribution >= 0.6 is 0 Å². The first kappa shape index (κ1) is 11.9. The Hall–Kier alpha value is -1.55. The highest BCUT2D eigenvalue weighted by Gasteiger charge is 2.27. The van der Waals surface area contributed by atoms with Gasteiger partial charge in [0.1, 0.15) is 5.75 Å². The number of rotatable bonds is 2. The molecular weight excluding hydrogens is 218 g/mol. The minimum atomic E-state index is -0.113. The number of para-hydroxylation sites is 1. The standard InChI is InChI=1S/C13H17NO3/c1-2-10-9-17-8-7-14(10)13(16)11-5-3-4-6-12(11)15/h3-6,10,15H,2,7-9H2,1H3. The molecule has 1 fully saturated rings. The van der Waals surface area contributed by atoms with Crippen molar-refractivity contribution in [2.75, 3.05) is 19.8 Å². The monoisotopic (exact) mass is 235 g/mol. The second-order valence-corrected chi connectivity index (χ2v) is 4.15. The molecule has 1 aliphatic heterocycles. The Morgan fingerprint density at radius 3 is 3.00 bits per heavy atom. The van der Waals surface area contributed by atoms with Crippen LogP contribution in [0.15, 0.2) is 24.3 Å². The fourth-order valence-electron chi connectivity index (χ4n) is 2.07. The molecule has 4 heteroatoms. The van der Waals surface area contributed by atoms with Crippen LogP contribution in [0.3, 0.4) is 0 Å². The van der Waals surface area contributed by atoms with Crippen molar-refractivity contribution in [1.29, 1.82) is 0 Å². The molecule has 0 saturated carbocycles. The predicted molar refractivity (Wildman–Crippen MR) is 64.0 cm³/mol. The molecule has 1 N–H and O–H groups in total. The topological polar surface area (TPSA) is 49.8 Å². The third kappa shape index (κ3) is 2.42. The minimum Gasteiger partial charge on any atom is -0.507 e. The molecule has 0 spiro atoms. The van der Waals surface area contributed by atoms with E-state index in [4.69, 9.17) is 4.74 Å². The van der Waals surface area contributed by atoms with Gasteiger partial charge in [0, 0.05) is 6.54 Å². The molecule has 2 rings (SSSR count). The van der Waals surface area contributed by atoms with Gasteiger partial charge in [0.05, 0.1) is 24.8 Å². The largest absolute Gasteiger partial charge is 0.507 e. The number of nitrogens with zero attached hydrogens (tertiary/aromatic N) is 1. The summed E-state index contributed by atoms with van der Waals surface area (Å²) in [7, 11) is 0. The van der Waals surface area contributed by atoms with Crippen molar-refractivity contribution in [3.8, 4) is 5.75 Å². The smallest absolute Gasteiger partial charge is 0.258 e. The summed E-state index contributed by atoms with van der Waals surface area (Å²) in [5, 5.41) is 9.69. The molecule has 1 heterocycles. The number of benzene rings is 1. The predicted octanol–water partition coefficient (Wildman–Crippen LogP) is 1.64. The van der Waals surface area contributed by atoms with E-state index in [9.17, 15) is 9.90 Å². The molecule has 0 aliphatic carbocycles. The number of amides is 1. The van der Waals surface area contributed by atoms with Gasteiger partial charge in [-0.2, -0.15) is 0 Å². The third-order valence-corrected chi connectivity index (χ3v) is 3.09. The summed E-state index contributed by atoms with van der Waals surface area (Å²) in [6.45, 7) is 3.77. The molecule has 17 heavy (non-hydrogen) atoms. The average molecular weight is 235 g/mol. The highest BCUT2D eigenvalue weighted by Crippen LogP contribution is 2.21. The van der Waals surface area contributed by atoms with Crippen LogP contribution in [0, 0.1) is 0 Å². The summed E-state index contributed by atoms with van der Waals surface area (Å²) < 4.78 is 5.36. The van der Waals surface area contributed by atoms with Crippen LogP contribution in [-0.2, 0) is 4.74 Å². The first-order valence-corrected chi connectivity index (χ1v) is 5.90. The Morgan fingerprint density at radius 1 is 1.53 bits per heavy atom. The molecule has 1 unspecified atom stereocenters. The maximum Gasteiger partial charge on any atom is 0.258 e. The number of carbonyl (C=O) groups excluding carboxylic acids is 1. The minimum absolute atomic E-state index is 0.0406. The van der Waals surface area contributed by atoms with E-state index in [1.54, 1.807) is 23.1 Å². The number of morpholine rings is 1. The van der Waals surface area contributed by atoms with E-state index in [1.807, 2.05) is 6.92 Å². The number of hydrogen-bond acceptors (Lipinski definition) is 3. The summed E-state index contributed by atoms with van der Waals surface area (Å²) in [6.07, 6.45) is 0.860. The molecule has 1 atom stereocenters. The van der Waals surface area contributed by atoms with Crippen molar-refractivity contribution >= 4 is 5.91 Å². The van der Waals surface area contributed by atoms with Crippen molar-refractivity contribution in [2.45, 2.75) is 19.4 Å². The fraction of sp³-hybridized carbons (Fsp3) is 0.462. The Morgan fingerprint density at radius 2 is 2.29 bits per heavy atom. The van der Waals surface area contributed by atoms with E-state index in [0.717, 1.165) is 6.42 Å². The summed E-state index contributed by atoms with van der Waals surface area (Å²) in [6, 6.07) is 6.77. The first-order chi connectivity index (χ1) is 8.24. The Labute approximate surface area is 101 Å². The van der Waals surface area contributed by atoms with Crippen LogP contribution < -0.4 is 0 Å². The highest BCUT2D eigenvalue weighted by molar-refractivity contribution is 5.97. The first-order valence-electron chi connectivity index (χ1n) is 5.90. The molecule has 0 aromatic heterocycles. The zero-order valence-electron chi connectivity index (χ0n) is 9.93. The third-order valence-electron chi connectivity index (χ3n) is 3.09. The van der Waals surface area contributed by atoms with Crippen LogP contribution in [0.4, 0.5) is 0 Å². The molecule has 0 bridgehead atoms. The van der Waals surface area contributed by atoms with E-state index >= 15 is 0 Å². The number of carbonyl (C=O) groups is 1. The van der Waals surface area contributed by atoms with Crippen molar-refractivity contribution in [1.82, 2.24) is 4.90 Å². The second kappa shape index (κ2) is 5.19. The molecule has 92 valence electrons. The van der Waals surface area contributed by atoms with E-state index < -0.39 is 0 Å². The molecule has 0 radical (unpaired) electrons. The van der Waals surface area contributed by atoms with Crippen LogP contribution in [-0.4, -0.2) is 41.7 Å². The zero-order valence-corrected chi connectivity index (χ0v) is 9.93. The second-order valence-electron chi connectivity index (χ2n) is 4.15. The highest BCUT2D eigenvalue weighted by atomic mass is 16.5. The van der Waals surface area contributed by atoms with Gasteiger partial charge in [0.2, 0.25) is 0 Å². The quantitative estimate of drug-likeness (QED) is 0.847. The van der Waals surface area contributed by atoms with Gasteiger partial charge in [-0.3, -0.25) is 4.79 Å². The molecule has 1 aliphatic rings. The van der Waals surface area contributed by atoms with Gasteiger partial charge in [-0.15, -0.1) is 0 Å². The summed E-state index contributed by atoms with van der Waals surface area (Å²) in [5.41, 5.74) is 0.368. The Bertz CT molecular complexity index is 405. The SMILES string of the molecule is CCC1COCCN1C(=O)c1ccccc1O. The number of phenolic OH excluding ortho intramolecular Hbond substituents is 1. The average Bonchev–Trinajstić information content (AvgIpc) is 2.38. The molecular formula is C13H17NO3. The molecule has 4 nitrogen and oxygen atoms in total. The summed E-state index contributed by atoms with van der Waals surface area (Å²) >= 11 is 0. The van der Waals surface area contributed by atoms with Crippen LogP contribution in [0.1, 0.15) is 23.7 Å². The van der Waals surface area contributed by atoms with Gasteiger partial charge < -0.3 is 14.7 Å². The number of phenols is 1. The molecule has 1 saturated heterocycles. The molecule has 1 amide bonds. The maximum absolute atomic E-state index is 12.3. The zero-order chi connectivity index (χ0) is 12.3. The van der Waals surface area contributed by atoms with Crippen LogP contribution in [0.2, 0.25) is 0 Å². The van der Waals surface area contributed by atoms with Gasteiger partial charge in [-0.25, -0.2) is 0 Å². The molecule has 1 aromatic rings. The van der Waals surface area contributed by atoms with Gasteiger partial charge in [-0.05, 0) is 18.6 Å². The van der Waals surface area contributed by atoms with Crippen molar-refractivity contribution in [2.24, 2.45) is 0 Å². The normalized spacial score (nSPS) is 20.3. The van der Waals surface area contributed by atoms with Gasteiger partial charge in [0.25, 0.3) is 5.91 Å². The lowest BCUT2D eigenvalue weighted by molar-refractivity contribution is -0.00293. The van der Waals surface area contributed by atoms with E-state index in [2.05, 4.69) is 0 Å². The van der Waals surface area contributed by atoms with E-state index in [1.165, 1.54) is 6.07 Å².